The number of rotatable bonds is 3. The Morgan fingerprint density at radius 2 is 1.81 bits per heavy atom. The molecule has 0 aliphatic heterocycles. The Bertz CT molecular complexity index is 763. The van der Waals surface area contributed by atoms with E-state index >= 15 is 0 Å². The molecule has 0 aliphatic carbocycles. The number of anilines is 1. The van der Waals surface area contributed by atoms with Crippen molar-refractivity contribution in [2.75, 3.05) is 12.8 Å². The summed E-state index contributed by atoms with van der Waals surface area (Å²) in [6.45, 7) is 2.04. The van der Waals surface area contributed by atoms with E-state index in [9.17, 15) is 0 Å². The van der Waals surface area contributed by atoms with Crippen LogP contribution in [0.1, 0.15) is 5.56 Å². The van der Waals surface area contributed by atoms with E-state index < -0.39 is 0 Å². The summed E-state index contributed by atoms with van der Waals surface area (Å²) in [6.07, 6.45) is 0. The number of ether oxygens (including phenoxy) is 1. The number of aryl methyl sites for hydroxylation is 1. The average molecular weight is 279 g/mol. The van der Waals surface area contributed by atoms with Gasteiger partial charge in [-0.15, -0.1) is 0 Å². The molecule has 3 aromatic rings. The van der Waals surface area contributed by atoms with E-state index in [4.69, 9.17) is 10.5 Å². The van der Waals surface area contributed by atoms with Gasteiger partial charge in [0, 0.05) is 11.6 Å². The fraction of sp³-hybridized carbons (Fsp3) is 0.118. The minimum atomic E-state index is 0.597. The van der Waals surface area contributed by atoms with Crippen LogP contribution in [0.2, 0.25) is 0 Å². The van der Waals surface area contributed by atoms with Crippen LogP contribution in [0.25, 0.3) is 16.9 Å². The molecule has 3 rings (SSSR count). The van der Waals surface area contributed by atoms with Crippen LogP contribution >= 0.6 is 0 Å². The first-order valence-electron chi connectivity index (χ1n) is 6.75. The molecule has 1 heterocycles. The summed E-state index contributed by atoms with van der Waals surface area (Å²) in [5, 5.41) is 4.61. The number of hydrogen-bond acceptors (Lipinski definition) is 3. The van der Waals surface area contributed by atoms with Gasteiger partial charge in [-0.25, -0.2) is 4.68 Å². The quantitative estimate of drug-likeness (QED) is 0.799. The van der Waals surface area contributed by atoms with E-state index in [2.05, 4.69) is 11.2 Å². The summed E-state index contributed by atoms with van der Waals surface area (Å²) in [6, 6.07) is 17.7. The largest absolute Gasteiger partial charge is 0.496 e. The molecule has 0 saturated carbocycles. The van der Waals surface area contributed by atoms with Gasteiger partial charge in [-0.1, -0.05) is 29.8 Å². The molecule has 0 saturated heterocycles. The van der Waals surface area contributed by atoms with Crippen LogP contribution < -0.4 is 10.5 Å². The second kappa shape index (κ2) is 5.32. The monoisotopic (exact) mass is 279 g/mol. The van der Waals surface area contributed by atoms with Gasteiger partial charge in [0.05, 0.1) is 18.5 Å². The molecule has 0 amide bonds. The number of methoxy groups -OCH3 is 1. The standard InChI is InChI=1S/C17H17N3O/c1-12-8-9-16(21-2)14(10-12)15-11-17(18)20(19-15)13-6-4-3-5-7-13/h3-11H,18H2,1-2H3. The van der Waals surface area contributed by atoms with Crippen molar-refractivity contribution in [2.45, 2.75) is 6.92 Å². The van der Waals surface area contributed by atoms with Crippen molar-refractivity contribution in [1.29, 1.82) is 0 Å². The van der Waals surface area contributed by atoms with Crippen molar-refractivity contribution in [3.05, 3.63) is 60.2 Å². The lowest BCUT2D eigenvalue weighted by Gasteiger charge is -2.07. The van der Waals surface area contributed by atoms with Crippen LogP contribution in [0.15, 0.2) is 54.6 Å². The summed E-state index contributed by atoms with van der Waals surface area (Å²) in [5.74, 6) is 1.39. The first kappa shape index (κ1) is 13.2. The highest BCUT2D eigenvalue weighted by molar-refractivity contribution is 5.70. The Kier molecular flexibility index (Phi) is 3.36. The third-order valence-corrected chi connectivity index (χ3v) is 3.37. The van der Waals surface area contributed by atoms with Crippen LogP contribution in [-0.2, 0) is 0 Å². The van der Waals surface area contributed by atoms with E-state index in [1.807, 2.05) is 55.5 Å². The lowest BCUT2D eigenvalue weighted by Crippen LogP contribution is -2.01. The minimum Gasteiger partial charge on any atom is -0.496 e. The molecule has 0 aliphatic rings. The van der Waals surface area contributed by atoms with Crippen LogP contribution in [-0.4, -0.2) is 16.9 Å². The molecular formula is C17H17N3O. The van der Waals surface area contributed by atoms with Gasteiger partial charge >= 0.3 is 0 Å². The lowest BCUT2D eigenvalue weighted by molar-refractivity contribution is 0.416. The Morgan fingerprint density at radius 1 is 1.05 bits per heavy atom. The zero-order valence-corrected chi connectivity index (χ0v) is 12.1. The predicted octanol–water partition coefficient (Wildman–Crippen LogP) is 3.44. The SMILES string of the molecule is COc1ccc(C)cc1-c1cc(N)n(-c2ccccc2)n1. The molecule has 4 nitrogen and oxygen atoms in total. The van der Waals surface area contributed by atoms with Crippen LogP contribution in [0.5, 0.6) is 5.75 Å². The highest BCUT2D eigenvalue weighted by Crippen LogP contribution is 2.31. The van der Waals surface area contributed by atoms with Gasteiger partial charge in [0.25, 0.3) is 0 Å². The molecule has 2 N–H and O–H groups in total. The van der Waals surface area contributed by atoms with Gasteiger partial charge < -0.3 is 10.5 Å². The Hall–Kier alpha value is -2.75. The molecule has 0 unspecified atom stereocenters. The molecule has 0 bridgehead atoms. The van der Waals surface area contributed by atoms with E-state index in [1.165, 1.54) is 0 Å². The van der Waals surface area contributed by atoms with Crippen molar-refractivity contribution >= 4 is 5.82 Å². The summed E-state index contributed by atoms with van der Waals surface area (Å²) in [5.41, 5.74) is 9.94. The number of hydrogen-bond donors (Lipinski definition) is 1. The average Bonchev–Trinajstić information content (AvgIpc) is 2.90. The van der Waals surface area contributed by atoms with Crippen LogP contribution in [0, 0.1) is 6.92 Å². The first-order valence-corrected chi connectivity index (χ1v) is 6.75. The molecule has 0 radical (unpaired) electrons. The zero-order chi connectivity index (χ0) is 14.8. The van der Waals surface area contributed by atoms with E-state index in [0.717, 1.165) is 28.3 Å². The second-order valence-electron chi connectivity index (χ2n) is 4.91. The number of nitrogens with zero attached hydrogens (tertiary/aromatic N) is 2. The third kappa shape index (κ3) is 2.48. The maximum Gasteiger partial charge on any atom is 0.128 e. The summed E-state index contributed by atoms with van der Waals surface area (Å²) in [4.78, 5) is 0. The molecular weight excluding hydrogens is 262 g/mol. The molecule has 2 aromatic carbocycles. The van der Waals surface area contributed by atoms with Crippen molar-refractivity contribution in [2.24, 2.45) is 0 Å². The normalized spacial score (nSPS) is 10.6. The Labute approximate surface area is 123 Å². The van der Waals surface area contributed by atoms with Crippen LogP contribution in [0.4, 0.5) is 5.82 Å². The lowest BCUT2D eigenvalue weighted by atomic mass is 10.1. The minimum absolute atomic E-state index is 0.597. The smallest absolute Gasteiger partial charge is 0.128 e. The van der Waals surface area contributed by atoms with Crippen LogP contribution in [0.3, 0.4) is 0 Å². The van der Waals surface area contributed by atoms with Gasteiger partial charge in [-0.05, 0) is 31.2 Å². The molecule has 1 aromatic heterocycles. The van der Waals surface area contributed by atoms with Gasteiger partial charge in [0.1, 0.15) is 11.6 Å². The van der Waals surface area contributed by atoms with Crippen molar-refractivity contribution < 1.29 is 4.74 Å². The van der Waals surface area contributed by atoms with E-state index in [1.54, 1.807) is 11.8 Å². The van der Waals surface area contributed by atoms with Crippen molar-refractivity contribution in [1.82, 2.24) is 9.78 Å². The zero-order valence-electron chi connectivity index (χ0n) is 12.1. The fourth-order valence-corrected chi connectivity index (χ4v) is 2.33. The molecule has 0 atom stereocenters. The second-order valence-corrected chi connectivity index (χ2v) is 4.91. The highest BCUT2D eigenvalue weighted by atomic mass is 16.5. The summed E-state index contributed by atoms with van der Waals surface area (Å²) < 4.78 is 7.15. The van der Waals surface area contributed by atoms with Gasteiger partial charge in [-0.2, -0.15) is 5.10 Å². The number of nitrogens with two attached hydrogens (primary N) is 1. The molecule has 0 fully saturated rings. The molecule has 106 valence electrons. The molecule has 21 heavy (non-hydrogen) atoms. The predicted molar refractivity (Wildman–Crippen MR) is 84.7 cm³/mol. The van der Waals surface area contributed by atoms with E-state index in [0.29, 0.717) is 5.82 Å². The van der Waals surface area contributed by atoms with Gasteiger partial charge in [-0.3, -0.25) is 0 Å². The summed E-state index contributed by atoms with van der Waals surface area (Å²) in [7, 11) is 1.66. The number of benzene rings is 2. The molecule has 0 spiro atoms. The topological polar surface area (TPSA) is 53.1 Å². The van der Waals surface area contributed by atoms with Gasteiger partial charge in [0.2, 0.25) is 0 Å². The Morgan fingerprint density at radius 3 is 2.52 bits per heavy atom. The highest BCUT2D eigenvalue weighted by Gasteiger charge is 2.12. The Balaban J connectivity index is 2.12. The van der Waals surface area contributed by atoms with Crippen molar-refractivity contribution in [3.8, 4) is 22.7 Å². The third-order valence-electron chi connectivity index (χ3n) is 3.37. The first-order chi connectivity index (χ1) is 10.2. The fourth-order valence-electron chi connectivity index (χ4n) is 2.33. The van der Waals surface area contributed by atoms with E-state index in [-0.39, 0.29) is 0 Å². The number of para-hydroxylation sites is 1. The summed E-state index contributed by atoms with van der Waals surface area (Å²) >= 11 is 0. The maximum atomic E-state index is 6.10. The number of nitrogen functional groups attached to an aromatic ring is 1. The van der Waals surface area contributed by atoms with Crippen molar-refractivity contribution in [3.63, 3.8) is 0 Å². The maximum absolute atomic E-state index is 6.10. The number of aromatic nitrogens is 2. The van der Waals surface area contributed by atoms with Gasteiger partial charge in [0.15, 0.2) is 0 Å². The molecule has 4 heteroatoms.